The first-order valence-corrected chi connectivity index (χ1v) is 5.07. The standard InChI is InChI=1S/C11H18N2O/c1-3-4-5-10(14)13-11(2,8-12)9-6-7-9/h1,9H,4-8,12H2,2H3,(H,13,14). The highest BCUT2D eigenvalue weighted by Crippen LogP contribution is 2.38. The number of hydrogen-bond donors (Lipinski definition) is 2. The lowest BCUT2D eigenvalue weighted by Crippen LogP contribution is -2.53. The van der Waals surface area contributed by atoms with Crippen LogP contribution in [0.2, 0.25) is 0 Å². The Morgan fingerprint density at radius 3 is 2.79 bits per heavy atom. The smallest absolute Gasteiger partial charge is 0.221 e. The van der Waals surface area contributed by atoms with E-state index in [-0.39, 0.29) is 11.4 Å². The molecule has 1 atom stereocenters. The van der Waals surface area contributed by atoms with E-state index in [2.05, 4.69) is 11.2 Å². The first-order valence-electron chi connectivity index (χ1n) is 5.07. The van der Waals surface area contributed by atoms with Gasteiger partial charge in [-0.1, -0.05) is 0 Å². The van der Waals surface area contributed by atoms with Crippen LogP contribution in [-0.2, 0) is 4.79 Å². The van der Waals surface area contributed by atoms with Gasteiger partial charge >= 0.3 is 0 Å². The molecule has 0 bridgehead atoms. The van der Waals surface area contributed by atoms with E-state index in [1.54, 1.807) is 0 Å². The van der Waals surface area contributed by atoms with Crippen LogP contribution in [-0.4, -0.2) is 18.0 Å². The number of terminal acetylenes is 1. The van der Waals surface area contributed by atoms with Gasteiger partial charge in [-0.3, -0.25) is 4.79 Å². The van der Waals surface area contributed by atoms with Crippen LogP contribution in [0.25, 0.3) is 0 Å². The van der Waals surface area contributed by atoms with E-state index in [4.69, 9.17) is 12.2 Å². The second kappa shape index (κ2) is 4.47. The number of amides is 1. The van der Waals surface area contributed by atoms with Crippen molar-refractivity contribution in [3.8, 4) is 12.3 Å². The molecule has 0 radical (unpaired) electrons. The number of carbonyl (C=O) groups is 1. The lowest BCUT2D eigenvalue weighted by Gasteiger charge is -2.29. The maximum atomic E-state index is 11.4. The predicted molar refractivity (Wildman–Crippen MR) is 56.4 cm³/mol. The summed E-state index contributed by atoms with van der Waals surface area (Å²) in [6.07, 6.45) is 8.33. The third-order valence-electron chi connectivity index (χ3n) is 2.82. The molecule has 1 fully saturated rings. The summed E-state index contributed by atoms with van der Waals surface area (Å²) >= 11 is 0. The molecule has 14 heavy (non-hydrogen) atoms. The molecular weight excluding hydrogens is 176 g/mol. The largest absolute Gasteiger partial charge is 0.349 e. The van der Waals surface area contributed by atoms with Crippen molar-refractivity contribution in [1.29, 1.82) is 0 Å². The summed E-state index contributed by atoms with van der Waals surface area (Å²) in [4.78, 5) is 11.4. The van der Waals surface area contributed by atoms with Crippen molar-refractivity contribution in [2.24, 2.45) is 11.7 Å². The average Bonchev–Trinajstić information content (AvgIpc) is 2.97. The first kappa shape index (κ1) is 11.1. The molecule has 1 aliphatic rings. The summed E-state index contributed by atoms with van der Waals surface area (Å²) in [5, 5.41) is 2.98. The molecule has 0 aromatic rings. The molecule has 3 nitrogen and oxygen atoms in total. The molecule has 1 amide bonds. The van der Waals surface area contributed by atoms with Gasteiger partial charge in [0, 0.05) is 19.4 Å². The zero-order chi connectivity index (χ0) is 10.6. The number of nitrogens with one attached hydrogen (secondary N) is 1. The van der Waals surface area contributed by atoms with Gasteiger partial charge in [0.2, 0.25) is 5.91 Å². The van der Waals surface area contributed by atoms with Crippen molar-refractivity contribution in [3.63, 3.8) is 0 Å². The van der Waals surface area contributed by atoms with Crippen molar-refractivity contribution in [1.82, 2.24) is 5.32 Å². The predicted octanol–water partition coefficient (Wildman–Crippen LogP) is 0.643. The summed E-state index contributed by atoms with van der Waals surface area (Å²) in [7, 11) is 0. The highest BCUT2D eigenvalue weighted by atomic mass is 16.1. The van der Waals surface area contributed by atoms with Gasteiger partial charge in [0.05, 0.1) is 5.54 Å². The first-order chi connectivity index (χ1) is 6.62. The molecule has 0 heterocycles. The molecule has 0 spiro atoms. The van der Waals surface area contributed by atoms with Crippen molar-refractivity contribution >= 4 is 5.91 Å². The van der Waals surface area contributed by atoms with Gasteiger partial charge in [-0.15, -0.1) is 12.3 Å². The Kier molecular flexibility index (Phi) is 3.54. The van der Waals surface area contributed by atoms with Gasteiger partial charge in [0.15, 0.2) is 0 Å². The van der Waals surface area contributed by atoms with E-state index in [1.165, 1.54) is 12.8 Å². The molecule has 1 unspecified atom stereocenters. The molecule has 0 aromatic heterocycles. The Morgan fingerprint density at radius 1 is 1.71 bits per heavy atom. The Labute approximate surface area is 85.4 Å². The van der Waals surface area contributed by atoms with E-state index >= 15 is 0 Å². The van der Waals surface area contributed by atoms with Crippen LogP contribution >= 0.6 is 0 Å². The van der Waals surface area contributed by atoms with Crippen LogP contribution in [0, 0.1) is 18.3 Å². The molecule has 0 aromatic carbocycles. The number of carbonyl (C=O) groups excluding carboxylic acids is 1. The van der Waals surface area contributed by atoms with E-state index in [0.29, 0.717) is 25.3 Å². The molecule has 0 aliphatic heterocycles. The Hall–Kier alpha value is -1.01. The number of hydrogen-bond acceptors (Lipinski definition) is 2. The van der Waals surface area contributed by atoms with Crippen LogP contribution in [0.1, 0.15) is 32.6 Å². The average molecular weight is 194 g/mol. The molecule has 1 rings (SSSR count). The highest BCUT2D eigenvalue weighted by molar-refractivity contribution is 5.77. The minimum atomic E-state index is -0.217. The fourth-order valence-corrected chi connectivity index (χ4v) is 1.61. The van der Waals surface area contributed by atoms with Crippen molar-refractivity contribution < 1.29 is 4.79 Å². The highest BCUT2D eigenvalue weighted by Gasteiger charge is 2.41. The minimum absolute atomic E-state index is 0.0165. The zero-order valence-corrected chi connectivity index (χ0v) is 8.68. The summed E-state index contributed by atoms with van der Waals surface area (Å²) in [6, 6.07) is 0. The molecule has 3 heteroatoms. The summed E-state index contributed by atoms with van der Waals surface area (Å²) in [6.45, 7) is 2.51. The lowest BCUT2D eigenvalue weighted by molar-refractivity contribution is -0.122. The van der Waals surface area contributed by atoms with Crippen LogP contribution in [0.3, 0.4) is 0 Å². The molecule has 78 valence electrons. The van der Waals surface area contributed by atoms with Crippen molar-refractivity contribution in [3.05, 3.63) is 0 Å². The maximum Gasteiger partial charge on any atom is 0.221 e. The van der Waals surface area contributed by atoms with Gasteiger partial charge < -0.3 is 11.1 Å². The summed E-state index contributed by atoms with van der Waals surface area (Å²) in [5.41, 5.74) is 5.45. The monoisotopic (exact) mass is 194 g/mol. The molecule has 0 saturated heterocycles. The molecule has 1 saturated carbocycles. The van der Waals surface area contributed by atoms with Crippen molar-refractivity contribution in [2.45, 2.75) is 38.1 Å². The van der Waals surface area contributed by atoms with Gasteiger partial charge in [-0.25, -0.2) is 0 Å². The van der Waals surface area contributed by atoms with Gasteiger partial charge in [-0.05, 0) is 25.7 Å². The third-order valence-corrected chi connectivity index (χ3v) is 2.82. The van der Waals surface area contributed by atoms with Gasteiger partial charge in [0.1, 0.15) is 0 Å². The third kappa shape index (κ3) is 2.74. The molecule has 1 aliphatic carbocycles. The van der Waals surface area contributed by atoms with E-state index < -0.39 is 0 Å². The molecular formula is C11H18N2O. The lowest BCUT2D eigenvalue weighted by atomic mass is 9.95. The van der Waals surface area contributed by atoms with E-state index in [1.807, 2.05) is 6.92 Å². The topological polar surface area (TPSA) is 55.1 Å². The number of rotatable bonds is 5. The van der Waals surface area contributed by atoms with Crippen LogP contribution in [0.5, 0.6) is 0 Å². The fourth-order valence-electron chi connectivity index (χ4n) is 1.61. The summed E-state index contributed by atoms with van der Waals surface area (Å²) in [5.74, 6) is 3.03. The van der Waals surface area contributed by atoms with E-state index in [0.717, 1.165) is 0 Å². The fraction of sp³-hybridized carbons (Fsp3) is 0.727. The van der Waals surface area contributed by atoms with Crippen LogP contribution in [0.15, 0.2) is 0 Å². The number of nitrogens with two attached hydrogens (primary N) is 1. The Bertz CT molecular complexity index is 253. The zero-order valence-electron chi connectivity index (χ0n) is 8.68. The second-order valence-electron chi connectivity index (χ2n) is 4.15. The summed E-state index contributed by atoms with van der Waals surface area (Å²) < 4.78 is 0. The van der Waals surface area contributed by atoms with Crippen LogP contribution in [0.4, 0.5) is 0 Å². The van der Waals surface area contributed by atoms with Crippen molar-refractivity contribution in [2.75, 3.05) is 6.54 Å². The molecule has 3 N–H and O–H groups in total. The van der Waals surface area contributed by atoms with E-state index in [9.17, 15) is 4.79 Å². The second-order valence-corrected chi connectivity index (χ2v) is 4.15. The van der Waals surface area contributed by atoms with Crippen LogP contribution < -0.4 is 11.1 Å². The SMILES string of the molecule is C#CCCC(=O)NC(C)(CN)C1CC1. The Morgan fingerprint density at radius 2 is 2.36 bits per heavy atom. The Balaban J connectivity index is 2.40. The quantitative estimate of drug-likeness (QED) is 0.631. The van der Waals surface area contributed by atoms with Gasteiger partial charge in [0.25, 0.3) is 0 Å². The van der Waals surface area contributed by atoms with Gasteiger partial charge in [-0.2, -0.15) is 0 Å². The normalized spacial score (nSPS) is 19.5. The minimum Gasteiger partial charge on any atom is -0.349 e. The maximum absolute atomic E-state index is 11.4.